The first kappa shape index (κ1) is 24.8. The molecule has 0 saturated carbocycles. The van der Waals surface area contributed by atoms with E-state index >= 15 is 0 Å². The molecule has 176 valence electrons. The van der Waals surface area contributed by atoms with Gasteiger partial charge in [-0.15, -0.1) is 0 Å². The van der Waals surface area contributed by atoms with Crippen molar-refractivity contribution >= 4 is 15.7 Å². The fourth-order valence-corrected chi connectivity index (χ4v) is 5.20. The van der Waals surface area contributed by atoms with Crippen LogP contribution >= 0.6 is 0 Å². The molecule has 1 N–H and O–H groups in total. The molecule has 0 amide bonds. The Labute approximate surface area is 192 Å². The highest BCUT2D eigenvalue weighted by molar-refractivity contribution is 7.92. The van der Waals surface area contributed by atoms with Gasteiger partial charge in [0.2, 0.25) is 5.60 Å². The minimum absolute atomic E-state index is 0.0390. The Hall–Kier alpha value is -2.84. The third-order valence-corrected chi connectivity index (χ3v) is 7.12. The molecule has 0 bridgehead atoms. The van der Waals surface area contributed by atoms with E-state index in [2.05, 4.69) is 0 Å². The van der Waals surface area contributed by atoms with Crippen LogP contribution in [0, 0.1) is 12.8 Å². The Kier molecular flexibility index (Phi) is 6.91. The van der Waals surface area contributed by atoms with Crippen LogP contribution in [0.2, 0.25) is 0 Å². The summed E-state index contributed by atoms with van der Waals surface area (Å²) in [6.45, 7) is 5.57. The molecule has 3 aromatic rings. The first-order valence-electron chi connectivity index (χ1n) is 10.4. The number of anilines is 1. The lowest BCUT2D eigenvalue weighted by molar-refractivity contribution is -0.248. The number of aliphatic hydroxyl groups is 1. The zero-order valence-corrected chi connectivity index (χ0v) is 19.4. The van der Waals surface area contributed by atoms with Gasteiger partial charge in [0.1, 0.15) is 0 Å². The first-order valence-corrected chi connectivity index (χ1v) is 11.9. The van der Waals surface area contributed by atoms with E-state index in [-0.39, 0.29) is 28.6 Å². The molecule has 0 aliphatic heterocycles. The van der Waals surface area contributed by atoms with E-state index in [0.29, 0.717) is 0 Å². The highest BCUT2D eigenvalue weighted by atomic mass is 32.2. The van der Waals surface area contributed by atoms with Crippen molar-refractivity contribution in [3.05, 3.63) is 95.6 Å². The molecule has 0 aliphatic carbocycles. The second kappa shape index (κ2) is 9.19. The summed E-state index contributed by atoms with van der Waals surface area (Å²) in [6.07, 6.45) is -4.99. The topological polar surface area (TPSA) is 57.6 Å². The van der Waals surface area contributed by atoms with Gasteiger partial charge in [-0.1, -0.05) is 74.0 Å². The SMILES string of the molecule is Cc1ccc(C(O)(c2ccc(N(CC(C)C)S(=O)(=O)c3ccccc3)cc2)C(F)(F)F)cc1. The van der Waals surface area contributed by atoms with Crippen LogP contribution in [0.15, 0.2) is 83.8 Å². The van der Waals surface area contributed by atoms with Crippen LogP contribution in [0.4, 0.5) is 18.9 Å². The summed E-state index contributed by atoms with van der Waals surface area (Å²) < 4.78 is 69.9. The maximum atomic E-state index is 14.1. The molecule has 3 rings (SSSR count). The standard InChI is InChI=1S/C25H26F3NO3S/c1-18(2)17-29(33(31,32)23-7-5-4-6-8-23)22-15-13-21(14-16-22)24(30,25(26,27)28)20-11-9-19(3)10-12-20/h4-16,18,30H,17H2,1-3H3. The molecule has 1 atom stereocenters. The van der Waals surface area contributed by atoms with Crippen LogP contribution in [0.25, 0.3) is 0 Å². The molecule has 8 heteroatoms. The number of halogens is 3. The molecule has 0 fully saturated rings. The monoisotopic (exact) mass is 477 g/mol. The Morgan fingerprint density at radius 1 is 0.848 bits per heavy atom. The number of benzene rings is 3. The lowest BCUT2D eigenvalue weighted by Gasteiger charge is -2.32. The number of nitrogens with zero attached hydrogens (tertiary/aromatic N) is 1. The van der Waals surface area contributed by atoms with Crippen LogP contribution in [-0.4, -0.2) is 26.2 Å². The molecular weight excluding hydrogens is 451 g/mol. The van der Waals surface area contributed by atoms with Gasteiger partial charge in [-0.25, -0.2) is 8.42 Å². The third kappa shape index (κ3) is 4.91. The first-order chi connectivity index (χ1) is 15.4. The van der Waals surface area contributed by atoms with E-state index in [1.165, 1.54) is 52.8 Å². The van der Waals surface area contributed by atoms with Crippen molar-refractivity contribution in [1.82, 2.24) is 0 Å². The number of hydrogen-bond acceptors (Lipinski definition) is 3. The number of alkyl halides is 3. The van der Waals surface area contributed by atoms with Crippen LogP contribution in [0.5, 0.6) is 0 Å². The maximum absolute atomic E-state index is 14.1. The highest BCUT2D eigenvalue weighted by Crippen LogP contribution is 2.44. The normalized spacial score (nSPS) is 14.2. The Morgan fingerprint density at radius 3 is 1.79 bits per heavy atom. The third-order valence-electron chi connectivity index (χ3n) is 5.31. The summed E-state index contributed by atoms with van der Waals surface area (Å²) in [5.74, 6) is -0.0390. The fourth-order valence-electron chi connectivity index (χ4n) is 3.55. The van der Waals surface area contributed by atoms with Crippen molar-refractivity contribution in [3.8, 4) is 0 Å². The molecule has 1 unspecified atom stereocenters. The largest absolute Gasteiger partial charge is 0.425 e. The van der Waals surface area contributed by atoms with E-state index < -0.39 is 27.4 Å². The Bertz CT molecular complexity index is 1180. The highest BCUT2D eigenvalue weighted by Gasteiger charge is 2.56. The van der Waals surface area contributed by atoms with Crippen molar-refractivity contribution in [2.24, 2.45) is 5.92 Å². The molecular formula is C25H26F3NO3S. The van der Waals surface area contributed by atoms with Gasteiger partial charge in [0.15, 0.2) is 0 Å². The zero-order chi connectivity index (χ0) is 24.4. The quantitative estimate of drug-likeness (QED) is 0.479. The van der Waals surface area contributed by atoms with Gasteiger partial charge < -0.3 is 5.11 Å². The average molecular weight is 478 g/mol. The lowest BCUT2D eigenvalue weighted by atomic mass is 9.85. The van der Waals surface area contributed by atoms with Crippen LogP contribution in [-0.2, 0) is 15.6 Å². The Balaban J connectivity index is 2.08. The average Bonchev–Trinajstić information content (AvgIpc) is 2.77. The van der Waals surface area contributed by atoms with Gasteiger partial charge in [-0.2, -0.15) is 13.2 Å². The van der Waals surface area contributed by atoms with Crippen molar-refractivity contribution in [2.75, 3.05) is 10.8 Å². The van der Waals surface area contributed by atoms with Crippen molar-refractivity contribution < 1.29 is 26.7 Å². The molecule has 0 saturated heterocycles. The number of aryl methyl sites for hydroxylation is 1. The predicted octanol–water partition coefficient (Wildman–Crippen LogP) is 5.64. The van der Waals surface area contributed by atoms with E-state index in [9.17, 15) is 26.7 Å². The molecule has 4 nitrogen and oxygen atoms in total. The van der Waals surface area contributed by atoms with E-state index in [1.807, 2.05) is 13.8 Å². The Morgan fingerprint density at radius 2 is 1.33 bits per heavy atom. The zero-order valence-electron chi connectivity index (χ0n) is 18.5. The van der Waals surface area contributed by atoms with Crippen LogP contribution < -0.4 is 4.31 Å². The summed E-state index contributed by atoms with van der Waals surface area (Å²) in [5, 5.41) is 10.8. The van der Waals surface area contributed by atoms with Gasteiger partial charge >= 0.3 is 6.18 Å². The number of hydrogen-bond donors (Lipinski definition) is 1. The summed E-state index contributed by atoms with van der Waals surface area (Å²) in [4.78, 5) is 0.0844. The molecule has 3 aromatic carbocycles. The molecule has 0 aromatic heterocycles. The van der Waals surface area contributed by atoms with Gasteiger partial charge in [0, 0.05) is 6.54 Å². The van der Waals surface area contributed by atoms with Crippen LogP contribution in [0.1, 0.15) is 30.5 Å². The van der Waals surface area contributed by atoms with E-state index in [1.54, 1.807) is 25.1 Å². The number of sulfonamides is 1. The van der Waals surface area contributed by atoms with Crippen molar-refractivity contribution in [1.29, 1.82) is 0 Å². The maximum Gasteiger partial charge on any atom is 0.425 e. The summed E-state index contributed by atoms with van der Waals surface area (Å²) >= 11 is 0. The molecule has 0 aliphatic rings. The molecule has 33 heavy (non-hydrogen) atoms. The van der Waals surface area contributed by atoms with Crippen molar-refractivity contribution in [3.63, 3.8) is 0 Å². The minimum atomic E-state index is -4.99. The molecule has 0 heterocycles. The van der Waals surface area contributed by atoms with Crippen LogP contribution in [0.3, 0.4) is 0 Å². The smallest absolute Gasteiger partial charge is 0.372 e. The second-order valence-corrected chi connectivity index (χ2v) is 10.2. The van der Waals surface area contributed by atoms with Gasteiger partial charge in [0.25, 0.3) is 10.0 Å². The van der Waals surface area contributed by atoms with Gasteiger partial charge in [-0.3, -0.25) is 4.31 Å². The number of rotatable bonds is 7. The predicted molar refractivity (Wildman–Crippen MR) is 122 cm³/mol. The van der Waals surface area contributed by atoms with Gasteiger partial charge in [-0.05, 0) is 48.2 Å². The minimum Gasteiger partial charge on any atom is -0.372 e. The van der Waals surface area contributed by atoms with E-state index in [4.69, 9.17) is 0 Å². The molecule has 0 spiro atoms. The fraction of sp³-hybridized carbons (Fsp3) is 0.280. The second-order valence-electron chi connectivity index (χ2n) is 8.36. The summed E-state index contributed by atoms with van der Waals surface area (Å²) in [6, 6.07) is 18.2. The summed E-state index contributed by atoms with van der Waals surface area (Å²) in [7, 11) is -3.93. The lowest BCUT2D eigenvalue weighted by Crippen LogP contribution is -2.43. The van der Waals surface area contributed by atoms with Gasteiger partial charge in [0.05, 0.1) is 10.6 Å². The molecule has 0 radical (unpaired) electrons. The summed E-state index contributed by atoms with van der Waals surface area (Å²) in [5.41, 5.74) is -2.98. The van der Waals surface area contributed by atoms with Crippen molar-refractivity contribution in [2.45, 2.75) is 37.4 Å². The van der Waals surface area contributed by atoms with E-state index in [0.717, 1.165) is 17.7 Å².